The highest BCUT2D eigenvalue weighted by Gasteiger charge is 2.32. The van der Waals surface area contributed by atoms with E-state index in [1.165, 1.54) is 16.7 Å². The van der Waals surface area contributed by atoms with Gasteiger partial charge in [-0.25, -0.2) is 0 Å². The standard InChI is InChI=1S/C14H20O2/c1-10(2)11-4-5-12-7-16-9-14(3,8-15)13(12)6-11/h4-6,10,15H,7-9H2,1-3H3. The first-order chi connectivity index (χ1) is 7.57. The molecule has 2 nitrogen and oxygen atoms in total. The van der Waals surface area contributed by atoms with Gasteiger partial charge in [0.2, 0.25) is 0 Å². The van der Waals surface area contributed by atoms with Gasteiger partial charge in [-0.1, -0.05) is 39.0 Å². The summed E-state index contributed by atoms with van der Waals surface area (Å²) in [7, 11) is 0. The molecule has 1 aliphatic rings. The van der Waals surface area contributed by atoms with Gasteiger partial charge in [-0.15, -0.1) is 0 Å². The number of hydrogen-bond donors (Lipinski definition) is 1. The fourth-order valence-electron chi connectivity index (χ4n) is 2.24. The number of ether oxygens (including phenoxy) is 1. The largest absolute Gasteiger partial charge is 0.395 e. The minimum absolute atomic E-state index is 0.140. The van der Waals surface area contributed by atoms with E-state index in [4.69, 9.17) is 4.74 Å². The van der Waals surface area contributed by atoms with E-state index >= 15 is 0 Å². The van der Waals surface area contributed by atoms with Crippen LogP contribution in [0.3, 0.4) is 0 Å². The van der Waals surface area contributed by atoms with Crippen molar-refractivity contribution in [2.45, 2.75) is 38.7 Å². The van der Waals surface area contributed by atoms with Crippen molar-refractivity contribution in [3.63, 3.8) is 0 Å². The number of hydrogen-bond acceptors (Lipinski definition) is 2. The van der Waals surface area contributed by atoms with Gasteiger partial charge in [0, 0.05) is 5.41 Å². The van der Waals surface area contributed by atoms with Crippen LogP contribution in [0.4, 0.5) is 0 Å². The summed E-state index contributed by atoms with van der Waals surface area (Å²) in [5.74, 6) is 0.524. The molecular formula is C14H20O2. The molecule has 1 atom stereocenters. The molecule has 0 saturated heterocycles. The van der Waals surface area contributed by atoms with Crippen molar-refractivity contribution in [2.24, 2.45) is 0 Å². The number of aliphatic hydroxyl groups is 1. The van der Waals surface area contributed by atoms with Gasteiger partial charge in [-0.3, -0.25) is 0 Å². The lowest BCUT2D eigenvalue weighted by atomic mass is 9.78. The Kier molecular flexibility index (Phi) is 3.04. The van der Waals surface area contributed by atoms with Gasteiger partial charge in [0.15, 0.2) is 0 Å². The van der Waals surface area contributed by atoms with Gasteiger partial charge in [-0.2, -0.15) is 0 Å². The molecule has 1 unspecified atom stereocenters. The Morgan fingerprint density at radius 3 is 2.81 bits per heavy atom. The maximum atomic E-state index is 9.55. The van der Waals surface area contributed by atoms with Crippen LogP contribution >= 0.6 is 0 Å². The van der Waals surface area contributed by atoms with Crippen molar-refractivity contribution in [1.29, 1.82) is 0 Å². The molecule has 1 aromatic rings. The van der Waals surface area contributed by atoms with Crippen molar-refractivity contribution in [3.8, 4) is 0 Å². The van der Waals surface area contributed by atoms with Gasteiger partial charge in [0.25, 0.3) is 0 Å². The predicted octanol–water partition coefficient (Wildman–Crippen LogP) is 2.59. The summed E-state index contributed by atoms with van der Waals surface area (Å²) in [6.07, 6.45) is 0. The molecule has 1 aliphatic heterocycles. The summed E-state index contributed by atoms with van der Waals surface area (Å²) < 4.78 is 5.54. The van der Waals surface area contributed by atoms with Gasteiger partial charge < -0.3 is 9.84 Å². The van der Waals surface area contributed by atoms with Crippen LogP contribution in [0.2, 0.25) is 0 Å². The number of benzene rings is 1. The van der Waals surface area contributed by atoms with E-state index < -0.39 is 0 Å². The van der Waals surface area contributed by atoms with Crippen LogP contribution in [-0.4, -0.2) is 18.3 Å². The van der Waals surface area contributed by atoms with Crippen molar-refractivity contribution in [1.82, 2.24) is 0 Å². The molecule has 1 aromatic carbocycles. The van der Waals surface area contributed by atoms with E-state index in [0.29, 0.717) is 19.1 Å². The monoisotopic (exact) mass is 220 g/mol. The second kappa shape index (κ2) is 4.19. The Labute approximate surface area is 97.3 Å². The third-order valence-corrected chi connectivity index (χ3v) is 3.48. The van der Waals surface area contributed by atoms with Crippen LogP contribution in [0.25, 0.3) is 0 Å². The predicted molar refractivity (Wildman–Crippen MR) is 64.6 cm³/mol. The van der Waals surface area contributed by atoms with E-state index in [1.807, 2.05) is 0 Å². The highest BCUT2D eigenvalue weighted by atomic mass is 16.5. The van der Waals surface area contributed by atoms with Crippen LogP contribution < -0.4 is 0 Å². The minimum Gasteiger partial charge on any atom is -0.395 e. The number of aliphatic hydroxyl groups excluding tert-OH is 1. The quantitative estimate of drug-likeness (QED) is 0.830. The molecule has 0 amide bonds. The summed E-state index contributed by atoms with van der Waals surface area (Å²) >= 11 is 0. The molecule has 16 heavy (non-hydrogen) atoms. The molecule has 0 aromatic heterocycles. The molecule has 0 aliphatic carbocycles. The molecule has 2 heteroatoms. The second-order valence-corrected chi connectivity index (χ2v) is 5.28. The Morgan fingerprint density at radius 2 is 2.19 bits per heavy atom. The SMILES string of the molecule is CC(C)c1ccc2c(c1)C(C)(CO)COC2. The maximum absolute atomic E-state index is 9.55. The average molecular weight is 220 g/mol. The summed E-state index contributed by atoms with van der Waals surface area (Å²) in [6, 6.07) is 6.53. The summed E-state index contributed by atoms with van der Waals surface area (Å²) in [5.41, 5.74) is 3.57. The molecule has 0 radical (unpaired) electrons. The topological polar surface area (TPSA) is 29.5 Å². The zero-order valence-corrected chi connectivity index (χ0v) is 10.3. The normalized spacial score (nSPS) is 24.6. The lowest BCUT2D eigenvalue weighted by molar-refractivity contribution is 0.0317. The fourth-order valence-corrected chi connectivity index (χ4v) is 2.24. The lowest BCUT2D eigenvalue weighted by Crippen LogP contribution is -2.37. The zero-order chi connectivity index (χ0) is 11.8. The Hall–Kier alpha value is -0.860. The first-order valence-electron chi connectivity index (χ1n) is 5.89. The molecule has 2 rings (SSSR count). The van der Waals surface area contributed by atoms with Crippen molar-refractivity contribution in [3.05, 3.63) is 34.9 Å². The van der Waals surface area contributed by atoms with Crippen LogP contribution in [0, 0.1) is 0 Å². The van der Waals surface area contributed by atoms with E-state index in [9.17, 15) is 5.11 Å². The van der Waals surface area contributed by atoms with Crippen molar-refractivity contribution in [2.75, 3.05) is 13.2 Å². The maximum Gasteiger partial charge on any atom is 0.0720 e. The lowest BCUT2D eigenvalue weighted by Gasteiger charge is -2.34. The third kappa shape index (κ3) is 1.87. The Balaban J connectivity index is 2.49. The Morgan fingerprint density at radius 1 is 1.44 bits per heavy atom. The van der Waals surface area contributed by atoms with Gasteiger partial charge in [0.1, 0.15) is 0 Å². The van der Waals surface area contributed by atoms with Crippen LogP contribution in [0.5, 0.6) is 0 Å². The smallest absolute Gasteiger partial charge is 0.0720 e. The third-order valence-electron chi connectivity index (χ3n) is 3.48. The van der Waals surface area contributed by atoms with E-state index in [1.54, 1.807) is 0 Å². The van der Waals surface area contributed by atoms with Gasteiger partial charge in [0.05, 0.1) is 19.8 Å². The van der Waals surface area contributed by atoms with Crippen molar-refractivity contribution < 1.29 is 9.84 Å². The van der Waals surface area contributed by atoms with Gasteiger partial charge >= 0.3 is 0 Å². The summed E-state index contributed by atoms with van der Waals surface area (Å²) in [4.78, 5) is 0. The summed E-state index contributed by atoms with van der Waals surface area (Å²) in [6.45, 7) is 7.87. The minimum atomic E-state index is -0.238. The molecular weight excluding hydrogens is 200 g/mol. The van der Waals surface area contributed by atoms with Crippen molar-refractivity contribution >= 4 is 0 Å². The van der Waals surface area contributed by atoms with E-state index in [0.717, 1.165) is 0 Å². The average Bonchev–Trinajstić information content (AvgIpc) is 2.29. The van der Waals surface area contributed by atoms with Crippen LogP contribution in [0.1, 0.15) is 43.4 Å². The Bertz CT molecular complexity index is 384. The van der Waals surface area contributed by atoms with E-state index in [2.05, 4.69) is 39.0 Å². The van der Waals surface area contributed by atoms with Gasteiger partial charge in [-0.05, 0) is 22.6 Å². The van der Waals surface area contributed by atoms with Crippen LogP contribution in [-0.2, 0) is 16.8 Å². The number of rotatable bonds is 2. The first kappa shape index (κ1) is 11.6. The molecule has 0 fully saturated rings. The molecule has 88 valence electrons. The molecule has 1 heterocycles. The molecule has 0 spiro atoms. The molecule has 0 bridgehead atoms. The summed E-state index contributed by atoms with van der Waals surface area (Å²) in [5, 5.41) is 9.55. The highest BCUT2D eigenvalue weighted by molar-refractivity contribution is 5.39. The highest BCUT2D eigenvalue weighted by Crippen LogP contribution is 2.33. The molecule has 1 N–H and O–H groups in total. The van der Waals surface area contributed by atoms with Crippen LogP contribution in [0.15, 0.2) is 18.2 Å². The molecule has 0 saturated carbocycles. The fraction of sp³-hybridized carbons (Fsp3) is 0.571. The second-order valence-electron chi connectivity index (χ2n) is 5.28. The number of fused-ring (bicyclic) bond motifs is 1. The van der Waals surface area contributed by atoms with E-state index in [-0.39, 0.29) is 12.0 Å². The first-order valence-corrected chi connectivity index (χ1v) is 5.89. The zero-order valence-electron chi connectivity index (χ0n) is 10.3.